The van der Waals surface area contributed by atoms with Crippen LogP contribution >= 0.6 is 35.3 Å². The molecule has 0 bridgehead atoms. The van der Waals surface area contributed by atoms with Crippen LogP contribution in [0.5, 0.6) is 0 Å². The van der Waals surface area contributed by atoms with Crippen LogP contribution in [-0.4, -0.2) is 40.4 Å². The van der Waals surface area contributed by atoms with Gasteiger partial charge in [-0.2, -0.15) is 0 Å². The van der Waals surface area contributed by atoms with E-state index < -0.39 is 16.8 Å². The Morgan fingerprint density at radius 2 is 2.25 bits per heavy atom. The molecule has 0 spiro atoms. The van der Waals surface area contributed by atoms with Crippen molar-refractivity contribution < 1.29 is 9.59 Å². The second-order valence-electron chi connectivity index (χ2n) is 4.86. The van der Waals surface area contributed by atoms with Gasteiger partial charge in [-0.1, -0.05) is 41.7 Å². The largest absolute Gasteiger partial charge is 0.357 e. The van der Waals surface area contributed by atoms with Crippen molar-refractivity contribution in [3.8, 4) is 0 Å². The molecule has 1 aromatic heterocycles. The van der Waals surface area contributed by atoms with Crippen molar-refractivity contribution in [1.82, 2.24) is 15.5 Å². The summed E-state index contributed by atoms with van der Waals surface area (Å²) in [5.41, 5.74) is 7.24. The summed E-state index contributed by atoms with van der Waals surface area (Å²) in [5.74, 6) is 0.0768. The maximum Gasteiger partial charge on any atom is 0.245 e. The zero-order valence-electron chi connectivity index (χ0n) is 12.8. The molecule has 10 heteroatoms. The smallest absolute Gasteiger partial charge is 0.245 e. The maximum atomic E-state index is 12.3. The molecule has 0 saturated carbocycles. The summed E-state index contributed by atoms with van der Waals surface area (Å²) < 4.78 is 0.457. The number of hydrogen-bond acceptors (Lipinski definition) is 8. The number of likely N-dealkylation sites (N-methyl/N-ethyl adjacent to an activating group) is 1. The second-order valence-corrected chi connectivity index (χ2v) is 7.81. The fourth-order valence-electron chi connectivity index (χ4n) is 1.91. The van der Waals surface area contributed by atoms with Crippen molar-refractivity contribution in [1.29, 1.82) is 0 Å². The van der Waals surface area contributed by atoms with Crippen LogP contribution in [0.25, 0.3) is 0 Å². The van der Waals surface area contributed by atoms with Gasteiger partial charge in [0.05, 0.1) is 0 Å². The summed E-state index contributed by atoms with van der Waals surface area (Å²) in [5, 5.41) is 12.4. The third-order valence-electron chi connectivity index (χ3n) is 3.18. The van der Waals surface area contributed by atoms with Gasteiger partial charge in [-0.15, -0.1) is 16.9 Å². The highest BCUT2D eigenvalue weighted by molar-refractivity contribution is 8.00. The molecule has 5 N–H and O–H groups in total. The number of thioether (sulfide) groups is 1. The van der Waals surface area contributed by atoms with E-state index in [9.17, 15) is 9.59 Å². The number of nitrogens with one attached hydrogen (secondary N) is 3. The Balaban J connectivity index is 2.20. The van der Waals surface area contributed by atoms with Crippen molar-refractivity contribution in [2.45, 2.75) is 16.7 Å². The number of nitrogens with two attached hydrogens (primary N) is 1. The average Bonchev–Trinajstić information content (AvgIpc) is 3.03. The Labute approximate surface area is 152 Å². The Hall–Kier alpha value is -1.75. The van der Waals surface area contributed by atoms with Gasteiger partial charge >= 0.3 is 0 Å². The molecule has 0 radical (unpaired) electrons. The van der Waals surface area contributed by atoms with Gasteiger partial charge in [0.2, 0.25) is 11.0 Å². The summed E-state index contributed by atoms with van der Waals surface area (Å²) in [6, 6.07) is 8.58. The van der Waals surface area contributed by atoms with Crippen molar-refractivity contribution in [2.75, 3.05) is 12.4 Å². The molecule has 7 nitrogen and oxygen atoms in total. The van der Waals surface area contributed by atoms with E-state index in [4.69, 9.17) is 18.0 Å². The molecule has 2 atom stereocenters. The van der Waals surface area contributed by atoms with Gasteiger partial charge in [-0.3, -0.25) is 9.89 Å². The number of benzene rings is 1. The number of aromatic amines is 1. The van der Waals surface area contributed by atoms with E-state index in [0.717, 1.165) is 16.9 Å². The number of rotatable bonds is 8. The van der Waals surface area contributed by atoms with Gasteiger partial charge in [0.1, 0.15) is 10.9 Å². The Morgan fingerprint density at radius 3 is 2.79 bits per heavy atom. The first-order chi connectivity index (χ1) is 11.5. The first-order valence-electron chi connectivity index (χ1n) is 6.95. The lowest BCUT2D eigenvalue weighted by Gasteiger charge is -2.31. The molecule has 2 rings (SSSR count). The number of aldehydes is 1. The molecule has 0 aliphatic rings. The SMILES string of the molecule is CNC(=O)C(Nc1n[nH]c(=S)s1)C(N)(C=O)SCc1ccccc1. The van der Waals surface area contributed by atoms with Gasteiger partial charge in [-0.05, 0) is 17.8 Å². The van der Waals surface area contributed by atoms with E-state index in [2.05, 4.69) is 20.8 Å². The summed E-state index contributed by atoms with van der Waals surface area (Å²) in [7, 11) is 1.48. The predicted octanol–water partition coefficient (Wildman–Crippen LogP) is 1.51. The van der Waals surface area contributed by atoms with Gasteiger partial charge in [0.25, 0.3) is 0 Å². The molecule has 0 saturated heterocycles. The topological polar surface area (TPSA) is 113 Å². The number of carbonyl (C=O) groups is 2. The second kappa shape index (κ2) is 8.38. The van der Waals surface area contributed by atoms with Crippen LogP contribution in [0.1, 0.15) is 5.56 Å². The molecule has 0 fully saturated rings. The quantitative estimate of drug-likeness (QED) is 0.310. The predicted molar refractivity (Wildman–Crippen MR) is 99.5 cm³/mol. The zero-order chi connectivity index (χ0) is 17.6. The number of H-pyrrole nitrogens is 1. The van der Waals surface area contributed by atoms with Gasteiger partial charge < -0.3 is 21.2 Å². The fourth-order valence-corrected chi connectivity index (χ4v) is 3.74. The summed E-state index contributed by atoms with van der Waals surface area (Å²) in [6.45, 7) is 0. The summed E-state index contributed by atoms with van der Waals surface area (Å²) >= 11 is 7.31. The number of hydrogen-bond donors (Lipinski definition) is 4. The van der Waals surface area contributed by atoms with E-state index in [-0.39, 0.29) is 0 Å². The van der Waals surface area contributed by atoms with E-state index in [1.165, 1.54) is 18.8 Å². The zero-order valence-corrected chi connectivity index (χ0v) is 15.3. The van der Waals surface area contributed by atoms with Crippen LogP contribution in [0.3, 0.4) is 0 Å². The van der Waals surface area contributed by atoms with Gasteiger partial charge in [-0.25, -0.2) is 0 Å². The first-order valence-corrected chi connectivity index (χ1v) is 9.16. The van der Waals surface area contributed by atoms with Crippen molar-refractivity contribution in [2.24, 2.45) is 5.73 Å². The normalized spacial score (nSPS) is 14.4. The lowest BCUT2D eigenvalue weighted by Crippen LogP contribution is -2.59. The highest BCUT2D eigenvalue weighted by Gasteiger charge is 2.41. The highest BCUT2D eigenvalue weighted by atomic mass is 32.2. The number of amides is 1. The molecule has 2 unspecified atom stereocenters. The number of aromatic nitrogens is 2. The van der Waals surface area contributed by atoms with Crippen LogP contribution in [-0.2, 0) is 15.3 Å². The highest BCUT2D eigenvalue weighted by Crippen LogP contribution is 2.28. The van der Waals surface area contributed by atoms with Crippen molar-refractivity contribution >= 4 is 52.6 Å². The van der Waals surface area contributed by atoms with Crippen LogP contribution < -0.4 is 16.4 Å². The monoisotopic (exact) mass is 383 g/mol. The molecular formula is C14H17N5O2S3. The molecule has 1 amide bonds. The number of anilines is 1. The van der Waals surface area contributed by atoms with Crippen LogP contribution in [0, 0.1) is 3.95 Å². The molecule has 1 heterocycles. The molecular weight excluding hydrogens is 366 g/mol. The molecule has 128 valence electrons. The fraction of sp³-hybridized carbons (Fsp3) is 0.286. The third kappa shape index (κ3) is 4.63. The molecule has 24 heavy (non-hydrogen) atoms. The summed E-state index contributed by atoms with van der Waals surface area (Å²) in [4.78, 5) is 22.5. The van der Waals surface area contributed by atoms with Crippen LogP contribution in [0.4, 0.5) is 5.13 Å². The average molecular weight is 384 g/mol. The van der Waals surface area contributed by atoms with Crippen molar-refractivity contribution in [3.05, 3.63) is 39.8 Å². The lowest BCUT2D eigenvalue weighted by atomic mass is 10.1. The molecule has 1 aromatic carbocycles. The van der Waals surface area contributed by atoms with Gasteiger partial charge in [0.15, 0.2) is 10.2 Å². The molecule has 0 aliphatic heterocycles. The van der Waals surface area contributed by atoms with Gasteiger partial charge in [0, 0.05) is 12.8 Å². The summed E-state index contributed by atoms with van der Waals surface area (Å²) in [6.07, 6.45) is 0.583. The van der Waals surface area contributed by atoms with E-state index >= 15 is 0 Å². The van der Waals surface area contributed by atoms with Crippen LogP contribution in [0.15, 0.2) is 30.3 Å². The van der Waals surface area contributed by atoms with E-state index in [1.807, 2.05) is 30.3 Å². The number of carbonyl (C=O) groups excluding carboxylic acids is 2. The molecule has 2 aromatic rings. The Kier molecular flexibility index (Phi) is 6.49. The minimum atomic E-state index is -1.47. The lowest BCUT2D eigenvalue weighted by molar-refractivity contribution is -0.124. The number of nitrogens with zero attached hydrogens (tertiary/aromatic N) is 1. The van der Waals surface area contributed by atoms with Crippen molar-refractivity contribution in [3.63, 3.8) is 0 Å². The minimum absolute atomic E-state index is 0.394. The third-order valence-corrected chi connectivity index (χ3v) is 5.51. The molecule has 0 aliphatic carbocycles. The Morgan fingerprint density at radius 1 is 1.54 bits per heavy atom. The van der Waals surface area contributed by atoms with Crippen LogP contribution in [0.2, 0.25) is 0 Å². The Bertz CT molecular complexity index is 748. The maximum absolute atomic E-state index is 12.3. The van der Waals surface area contributed by atoms with E-state index in [1.54, 1.807) is 0 Å². The minimum Gasteiger partial charge on any atom is -0.357 e. The first kappa shape index (κ1) is 18.6. The van der Waals surface area contributed by atoms with E-state index in [0.29, 0.717) is 21.1 Å². The standard InChI is InChI=1S/C14H17N5O2S3/c1-16-11(21)10(17-12-18-19-13(22)24-12)14(15,8-20)23-7-9-5-3-2-4-6-9/h2-6,8,10H,7,15H2,1H3,(H,16,21)(H,17,18)(H,19,22).